The van der Waals surface area contributed by atoms with Crippen LogP contribution in [0.15, 0.2) is 0 Å². The third kappa shape index (κ3) is 2.29. The maximum absolute atomic E-state index is 11.8. The molecule has 1 amide bonds. The molecule has 0 aromatic rings. The van der Waals surface area contributed by atoms with Gasteiger partial charge in [-0.15, -0.1) is 0 Å². The Morgan fingerprint density at radius 3 is 2.59 bits per heavy atom. The second-order valence-electron chi connectivity index (χ2n) is 5.21. The SMILES string of the molecule is CC1CCOC1C(=O)NCC1(C(=O)O)CCC1. The van der Waals surface area contributed by atoms with Crippen LogP contribution in [0.2, 0.25) is 0 Å². The lowest BCUT2D eigenvalue weighted by Crippen LogP contribution is -2.50. The minimum atomic E-state index is -0.801. The van der Waals surface area contributed by atoms with Crippen molar-refractivity contribution in [3.63, 3.8) is 0 Å². The summed E-state index contributed by atoms with van der Waals surface area (Å²) >= 11 is 0. The largest absolute Gasteiger partial charge is 0.481 e. The van der Waals surface area contributed by atoms with Gasteiger partial charge in [0, 0.05) is 13.2 Å². The maximum Gasteiger partial charge on any atom is 0.311 e. The van der Waals surface area contributed by atoms with Gasteiger partial charge in [-0.2, -0.15) is 0 Å². The number of hydrogen-bond acceptors (Lipinski definition) is 3. The zero-order chi connectivity index (χ0) is 12.5. The Bertz CT molecular complexity index is 324. The van der Waals surface area contributed by atoms with Crippen molar-refractivity contribution >= 4 is 11.9 Å². The van der Waals surface area contributed by atoms with E-state index in [-0.39, 0.29) is 18.4 Å². The summed E-state index contributed by atoms with van der Waals surface area (Å²) in [5.74, 6) is -0.746. The summed E-state index contributed by atoms with van der Waals surface area (Å²) in [6, 6.07) is 0. The zero-order valence-electron chi connectivity index (χ0n) is 10.1. The van der Waals surface area contributed by atoms with E-state index in [1.165, 1.54) is 0 Å². The Kier molecular flexibility index (Phi) is 3.38. The van der Waals surface area contributed by atoms with E-state index in [2.05, 4.69) is 5.32 Å². The van der Waals surface area contributed by atoms with Gasteiger partial charge in [-0.3, -0.25) is 9.59 Å². The molecule has 2 N–H and O–H groups in total. The molecule has 0 radical (unpaired) electrons. The van der Waals surface area contributed by atoms with E-state index in [9.17, 15) is 9.59 Å². The van der Waals surface area contributed by atoms with Crippen LogP contribution in [0, 0.1) is 11.3 Å². The standard InChI is InChI=1S/C12H19NO4/c1-8-3-6-17-9(8)10(14)13-7-12(11(15)16)4-2-5-12/h8-9H,2-7H2,1H3,(H,13,14)(H,15,16). The highest BCUT2D eigenvalue weighted by Gasteiger charge is 2.45. The topological polar surface area (TPSA) is 75.6 Å². The molecule has 0 aromatic heterocycles. The molecule has 1 aliphatic carbocycles. The van der Waals surface area contributed by atoms with Gasteiger partial charge in [0.25, 0.3) is 0 Å². The van der Waals surface area contributed by atoms with Gasteiger partial charge in [0.15, 0.2) is 0 Å². The number of rotatable bonds is 4. The molecule has 5 heteroatoms. The molecule has 1 saturated carbocycles. The highest BCUT2D eigenvalue weighted by atomic mass is 16.5. The zero-order valence-corrected chi connectivity index (χ0v) is 10.1. The number of nitrogens with one attached hydrogen (secondary N) is 1. The summed E-state index contributed by atoms with van der Waals surface area (Å²) in [6.45, 7) is 2.82. The van der Waals surface area contributed by atoms with Gasteiger partial charge in [-0.25, -0.2) is 0 Å². The molecule has 1 heterocycles. The number of hydrogen-bond donors (Lipinski definition) is 2. The molecule has 17 heavy (non-hydrogen) atoms. The first-order chi connectivity index (χ1) is 8.05. The quantitative estimate of drug-likeness (QED) is 0.762. The first-order valence-electron chi connectivity index (χ1n) is 6.18. The number of carbonyl (C=O) groups is 2. The first-order valence-corrected chi connectivity index (χ1v) is 6.18. The lowest BCUT2D eigenvalue weighted by molar-refractivity contribution is -0.154. The second-order valence-corrected chi connectivity index (χ2v) is 5.21. The number of amides is 1. The average molecular weight is 241 g/mol. The van der Waals surface area contributed by atoms with Crippen LogP contribution in [0.25, 0.3) is 0 Å². The van der Waals surface area contributed by atoms with Crippen LogP contribution in [0.1, 0.15) is 32.6 Å². The molecule has 2 fully saturated rings. The molecule has 1 aliphatic heterocycles. The molecule has 96 valence electrons. The third-order valence-corrected chi connectivity index (χ3v) is 4.01. The van der Waals surface area contributed by atoms with Crippen LogP contribution >= 0.6 is 0 Å². The Morgan fingerprint density at radius 1 is 1.47 bits per heavy atom. The summed E-state index contributed by atoms with van der Waals surface area (Å²) in [6.07, 6.45) is 2.73. The predicted molar refractivity (Wildman–Crippen MR) is 60.5 cm³/mol. The molecular formula is C12H19NO4. The molecule has 2 atom stereocenters. The lowest BCUT2D eigenvalue weighted by atomic mass is 9.69. The van der Waals surface area contributed by atoms with Crippen molar-refractivity contribution in [2.45, 2.75) is 38.7 Å². The maximum atomic E-state index is 11.8. The lowest BCUT2D eigenvalue weighted by Gasteiger charge is -2.37. The molecule has 2 unspecified atom stereocenters. The number of carboxylic acids is 1. The molecule has 0 spiro atoms. The van der Waals surface area contributed by atoms with Crippen molar-refractivity contribution in [3.05, 3.63) is 0 Å². The van der Waals surface area contributed by atoms with Crippen LogP contribution in [0.3, 0.4) is 0 Å². The molecular weight excluding hydrogens is 222 g/mol. The molecule has 0 bridgehead atoms. The number of carboxylic acid groups (broad SMARTS) is 1. The van der Waals surface area contributed by atoms with E-state index in [0.717, 1.165) is 12.8 Å². The van der Waals surface area contributed by atoms with Gasteiger partial charge in [0.2, 0.25) is 5.91 Å². The normalized spacial score (nSPS) is 30.6. The fourth-order valence-corrected chi connectivity index (χ4v) is 2.46. The van der Waals surface area contributed by atoms with E-state index in [4.69, 9.17) is 9.84 Å². The van der Waals surface area contributed by atoms with E-state index in [0.29, 0.717) is 19.4 Å². The van der Waals surface area contributed by atoms with Crippen molar-refractivity contribution in [1.82, 2.24) is 5.32 Å². The van der Waals surface area contributed by atoms with Crippen LogP contribution in [-0.2, 0) is 14.3 Å². The Balaban J connectivity index is 1.85. The van der Waals surface area contributed by atoms with Gasteiger partial charge >= 0.3 is 5.97 Å². The summed E-state index contributed by atoms with van der Waals surface area (Å²) in [5.41, 5.74) is -0.725. The number of carbonyl (C=O) groups excluding carboxylic acids is 1. The van der Waals surface area contributed by atoms with Gasteiger partial charge in [-0.1, -0.05) is 13.3 Å². The van der Waals surface area contributed by atoms with Crippen LogP contribution in [-0.4, -0.2) is 36.2 Å². The van der Waals surface area contributed by atoms with Crippen molar-refractivity contribution in [3.8, 4) is 0 Å². The van der Waals surface area contributed by atoms with E-state index >= 15 is 0 Å². The number of aliphatic carboxylic acids is 1. The molecule has 2 aliphatic rings. The first kappa shape index (κ1) is 12.4. The summed E-state index contributed by atoms with van der Waals surface area (Å²) in [4.78, 5) is 23.0. The van der Waals surface area contributed by atoms with E-state index in [1.807, 2.05) is 6.92 Å². The Labute approximate surface area is 101 Å². The van der Waals surface area contributed by atoms with Gasteiger partial charge in [-0.05, 0) is 25.2 Å². The molecule has 5 nitrogen and oxygen atoms in total. The van der Waals surface area contributed by atoms with E-state index in [1.54, 1.807) is 0 Å². The second kappa shape index (κ2) is 4.64. The van der Waals surface area contributed by atoms with Gasteiger partial charge in [0.05, 0.1) is 5.41 Å². The monoisotopic (exact) mass is 241 g/mol. The minimum absolute atomic E-state index is 0.164. The van der Waals surface area contributed by atoms with Gasteiger partial charge in [0.1, 0.15) is 6.10 Å². The minimum Gasteiger partial charge on any atom is -0.481 e. The van der Waals surface area contributed by atoms with E-state index < -0.39 is 17.5 Å². The fourth-order valence-electron chi connectivity index (χ4n) is 2.46. The summed E-state index contributed by atoms with van der Waals surface area (Å²) < 4.78 is 5.34. The highest BCUT2D eigenvalue weighted by Crippen LogP contribution is 2.40. The summed E-state index contributed by atoms with van der Waals surface area (Å²) in [7, 11) is 0. The van der Waals surface area contributed by atoms with Crippen molar-refractivity contribution in [2.75, 3.05) is 13.2 Å². The smallest absolute Gasteiger partial charge is 0.311 e. The van der Waals surface area contributed by atoms with Crippen molar-refractivity contribution < 1.29 is 19.4 Å². The fraction of sp³-hybridized carbons (Fsp3) is 0.833. The van der Waals surface area contributed by atoms with Crippen LogP contribution < -0.4 is 5.32 Å². The number of ether oxygens (including phenoxy) is 1. The van der Waals surface area contributed by atoms with Gasteiger partial charge < -0.3 is 15.2 Å². The molecule has 1 saturated heterocycles. The average Bonchev–Trinajstić information content (AvgIpc) is 2.62. The summed E-state index contributed by atoms with van der Waals surface area (Å²) in [5, 5.41) is 11.9. The highest BCUT2D eigenvalue weighted by molar-refractivity contribution is 5.83. The van der Waals surface area contributed by atoms with Crippen molar-refractivity contribution in [2.24, 2.45) is 11.3 Å². The molecule has 2 rings (SSSR count). The predicted octanol–water partition coefficient (Wildman–Crippen LogP) is 0.782. The van der Waals surface area contributed by atoms with Crippen molar-refractivity contribution in [1.29, 1.82) is 0 Å². The molecule has 0 aromatic carbocycles. The van der Waals surface area contributed by atoms with Crippen LogP contribution in [0.5, 0.6) is 0 Å². The third-order valence-electron chi connectivity index (χ3n) is 4.01. The Morgan fingerprint density at radius 2 is 2.18 bits per heavy atom. The van der Waals surface area contributed by atoms with Crippen LogP contribution in [0.4, 0.5) is 0 Å². The Hall–Kier alpha value is -1.10.